The van der Waals surface area contributed by atoms with E-state index in [0.717, 1.165) is 51.4 Å². The van der Waals surface area contributed by atoms with Gasteiger partial charge in [-0.1, -0.05) is 25.3 Å². The molecule has 2 aliphatic carbocycles. The van der Waals surface area contributed by atoms with Gasteiger partial charge in [-0.05, 0) is 50.4 Å². The van der Waals surface area contributed by atoms with Crippen LogP contribution in [-0.4, -0.2) is 23.1 Å². The number of carboxylic acid groups (broad SMARTS) is 1. The quantitative estimate of drug-likeness (QED) is 0.398. The number of rotatable bonds is 9. The second kappa shape index (κ2) is 8.35. The SMILES string of the molecule is C=CCCC[C@@H]1C[C@H]1OC(=O)C[C@H](C(=O)O)C1CCCCC1. The number of aliphatic carboxylic acids is 1. The number of carbonyl (C=O) groups excluding carboxylic acids is 1. The smallest absolute Gasteiger partial charge is 0.307 e. The van der Waals surface area contributed by atoms with Crippen molar-refractivity contribution in [1.82, 2.24) is 0 Å². The molecule has 0 aromatic rings. The Morgan fingerprint density at radius 1 is 1.27 bits per heavy atom. The molecule has 0 unspecified atom stereocenters. The minimum Gasteiger partial charge on any atom is -0.481 e. The van der Waals surface area contributed by atoms with Crippen LogP contribution in [0.2, 0.25) is 0 Å². The van der Waals surface area contributed by atoms with Gasteiger partial charge >= 0.3 is 11.9 Å². The van der Waals surface area contributed by atoms with Crippen molar-refractivity contribution in [2.75, 3.05) is 0 Å². The second-order valence-corrected chi connectivity index (χ2v) is 6.79. The summed E-state index contributed by atoms with van der Waals surface area (Å²) >= 11 is 0. The largest absolute Gasteiger partial charge is 0.481 e. The van der Waals surface area contributed by atoms with Gasteiger partial charge in [-0.25, -0.2) is 0 Å². The maximum absolute atomic E-state index is 12.0. The molecule has 0 aromatic carbocycles. The summed E-state index contributed by atoms with van der Waals surface area (Å²) in [4.78, 5) is 23.5. The number of hydrogen-bond donors (Lipinski definition) is 1. The van der Waals surface area contributed by atoms with Gasteiger partial charge < -0.3 is 9.84 Å². The van der Waals surface area contributed by atoms with E-state index in [1.807, 2.05) is 6.08 Å². The van der Waals surface area contributed by atoms with Crippen LogP contribution in [0.5, 0.6) is 0 Å². The van der Waals surface area contributed by atoms with E-state index in [1.165, 1.54) is 6.42 Å². The minimum atomic E-state index is -0.845. The van der Waals surface area contributed by atoms with Crippen LogP contribution in [0.15, 0.2) is 12.7 Å². The Balaban J connectivity index is 1.72. The third-order valence-corrected chi connectivity index (χ3v) is 5.05. The molecule has 0 aromatic heterocycles. The summed E-state index contributed by atoms with van der Waals surface area (Å²) in [6.07, 6.45) is 11.3. The first-order valence-electron chi connectivity index (χ1n) is 8.65. The van der Waals surface area contributed by atoms with Crippen molar-refractivity contribution in [2.24, 2.45) is 17.8 Å². The lowest BCUT2D eigenvalue weighted by molar-refractivity contribution is -0.154. The van der Waals surface area contributed by atoms with Gasteiger partial charge in [0.2, 0.25) is 0 Å². The zero-order chi connectivity index (χ0) is 15.9. The maximum Gasteiger partial charge on any atom is 0.307 e. The molecule has 2 aliphatic rings. The first-order valence-corrected chi connectivity index (χ1v) is 8.65. The van der Waals surface area contributed by atoms with E-state index in [2.05, 4.69) is 6.58 Å². The van der Waals surface area contributed by atoms with E-state index in [9.17, 15) is 14.7 Å². The van der Waals surface area contributed by atoms with Gasteiger partial charge in [-0.15, -0.1) is 6.58 Å². The van der Waals surface area contributed by atoms with Crippen molar-refractivity contribution in [2.45, 2.75) is 70.3 Å². The van der Waals surface area contributed by atoms with E-state index in [0.29, 0.717) is 5.92 Å². The van der Waals surface area contributed by atoms with E-state index < -0.39 is 11.9 Å². The average molecular weight is 308 g/mol. The Labute approximate surface area is 132 Å². The number of hydrogen-bond acceptors (Lipinski definition) is 3. The maximum atomic E-state index is 12.0. The molecule has 22 heavy (non-hydrogen) atoms. The van der Waals surface area contributed by atoms with E-state index in [4.69, 9.17) is 4.74 Å². The highest BCUT2D eigenvalue weighted by atomic mass is 16.5. The van der Waals surface area contributed by atoms with Gasteiger partial charge in [-0.3, -0.25) is 9.59 Å². The summed E-state index contributed by atoms with van der Waals surface area (Å²) in [5.41, 5.74) is 0. The van der Waals surface area contributed by atoms with E-state index in [1.54, 1.807) is 0 Å². The lowest BCUT2D eigenvalue weighted by atomic mass is 9.78. The number of allylic oxidation sites excluding steroid dienone is 1. The Morgan fingerprint density at radius 2 is 2.00 bits per heavy atom. The van der Waals surface area contributed by atoms with Crippen molar-refractivity contribution in [1.29, 1.82) is 0 Å². The highest BCUT2D eigenvalue weighted by Crippen LogP contribution is 2.39. The fourth-order valence-corrected chi connectivity index (χ4v) is 3.58. The topological polar surface area (TPSA) is 63.6 Å². The van der Waals surface area contributed by atoms with Crippen LogP contribution in [0, 0.1) is 17.8 Å². The fourth-order valence-electron chi connectivity index (χ4n) is 3.58. The van der Waals surface area contributed by atoms with Crippen LogP contribution in [0.3, 0.4) is 0 Å². The number of carboxylic acids is 1. The third kappa shape index (κ3) is 5.15. The molecular formula is C18H28O4. The third-order valence-electron chi connectivity index (χ3n) is 5.05. The summed E-state index contributed by atoms with van der Waals surface area (Å²) in [7, 11) is 0. The standard InChI is InChI=1S/C18H28O4/c1-2-3-5-10-14-11-16(14)22-17(19)12-15(18(20)21)13-8-6-4-7-9-13/h2,13-16H,1,3-12H2,(H,20,21)/t14-,15+,16-/m1/s1. The van der Waals surface area contributed by atoms with Crippen LogP contribution >= 0.6 is 0 Å². The highest BCUT2D eigenvalue weighted by molar-refractivity contribution is 5.79. The van der Waals surface area contributed by atoms with Gasteiger partial charge in [-0.2, -0.15) is 0 Å². The van der Waals surface area contributed by atoms with Crippen LogP contribution in [0.25, 0.3) is 0 Å². The molecular weight excluding hydrogens is 280 g/mol. The molecule has 1 N–H and O–H groups in total. The molecule has 3 atom stereocenters. The summed E-state index contributed by atoms with van der Waals surface area (Å²) in [6.45, 7) is 3.70. The molecule has 0 aliphatic heterocycles. The molecule has 124 valence electrons. The van der Waals surface area contributed by atoms with Crippen molar-refractivity contribution in [3.8, 4) is 0 Å². The molecule has 2 fully saturated rings. The Hall–Kier alpha value is -1.32. The summed E-state index contributed by atoms with van der Waals surface area (Å²) in [5.74, 6) is -1.12. The molecule has 0 spiro atoms. The number of unbranched alkanes of at least 4 members (excludes halogenated alkanes) is 1. The monoisotopic (exact) mass is 308 g/mol. The number of carbonyl (C=O) groups is 2. The predicted molar refractivity (Wildman–Crippen MR) is 84.4 cm³/mol. The first-order chi connectivity index (χ1) is 10.6. The first kappa shape index (κ1) is 17.0. The molecule has 0 heterocycles. The summed E-state index contributed by atoms with van der Waals surface area (Å²) < 4.78 is 5.45. The highest BCUT2D eigenvalue weighted by Gasteiger charge is 2.41. The summed E-state index contributed by atoms with van der Waals surface area (Å²) in [5, 5.41) is 9.40. The van der Waals surface area contributed by atoms with Gasteiger partial charge in [0.25, 0.3) is 0 Å². The molecule has 0 saturated heterocycles. The van der Waals surface area contributed by atoms with Gasteiger partial charge in [0.1, 0.15) is 6.10 Å². The van der Waals surface area contributed by atoms with Crippen LogP contribution in [0.1, 0.15) is 64.2 Å². The van der Waals surface area contributed by atoms with Crippen LogP contribution in [0.4, 0.5) is 0 Å². The molecule has 0 radical (unpaired) electrons. The number of esters is 1. The zero-order valence-electron chi connectivity index (χ0n) is 13.3. The molecule has 2 rings (SSSR count). The molecule has 2 saturated carbocycles. The van der Waals surface area contributed by atoms with Crippen LogP contribution in [-0.2, 0) is 14.3 Å². The van der Waals surface area contributed by atoms with E-state index >= 15 is 0 Å². The lowest BCUT2D eigenvalue weighted by Gasteiger charge is -2.26. The molecule has 4 nitrogen and oxygen atoms in total. The van der Waals surface area contributed by atoms with Crippen molar-refractivity contribution < 1.29 is 19.4 Å². The van der Waals surface area contributed by atoms with Gasteiger partial charge in [0.05, 0.1) is 12.3 Å². The van der Waals surface area contributed by atoms with E-state index in [-0.39, 0.29) is 24.4 Å². The minimum absolute atomic E-state index is 0.0260. The number of ether oxygens (including phenoxy) is 1. The predicted octanol–water partition coefficient (Wildman–Crippen LogP) is 3.95. The normalized spacial score (nSPS) is 26.2. The fraction of sp³-hybridized carbons (Fsp3) is 0.778. The van der Waals surface area contributed by atoms with Gasteiger partial charge in [0.15, 0.2) is 0 Å². The van der Waals surface area contributed by atoms with Gasteiger partial charge in [0, 0.05) is 0 Å². The zero-order valence-corrected chi connectivity index (χ0v) is 13.3. The van der Waals surface area contributed by atoms with Crippen LogP contribution < -0.4 is 0 Å². The Kier molecular flexibility index (Phi) is 6.47. The van der Waals surface area contributed by atoms with Crippen molar-refractivity contribution in [3.05, 3.63) is 12.7 Å². The Morgan fingerprint density at radius 3 is 2.64 bits per heavy atom. The molecule has 4 heteroatoms. The molecule has 0 bridgehead atoms. The molecule has 0 amide bonds. The lowest BCUT2D eigenvalue weighted by Crippen LogP contribution is -2.28. The second-order valence-electron chi connectivity index (χ2n) is 6.79. The Bertz CT molecular complexity index is 398. The van der Waals surface area contributed by atoms with Crippen molar-refractivity contribution in [3.63, 3.8) is 0 Å². The average Bonchev–Trinajstić information content (AvgIpc) is 3.23. The van der Waals surface area contributed by atoms with Crippen molar-refractivity contribution >= 4 is 11.9 Å². The summed E-state index contributed by atoms with van der Waals surface area (Å²) in [6, 6.07) is 0.